The molecule has 8 heteroatoms. The number of aromatic nitrogens is 5. The minimum atomic E-state index is 0.0200. The fourth-order valence-corrected chi connectivity index (χ4v) is 3.32. The van der Waals surface area contributed by atoms with Crippen LogP contribution in [-0.2, 0) is 17.6 Å². The van der Waals surface area contributed by atoms with E-state index < -0.39 is 0 Å². The number of carbonyl (C=O) groups is 1. The highest BCUT2D eigenvalue weighted by molar-refractivity contribution is 7.98. The molecule has 0 saturated heterocycles. The van der Waals surface area contributed by atoms with Crippen LogP contribution in [0.1, 0.15) is 29.2 Å². The number of nitrogens with one attached hydrogen (secondary N) is 1. The summed E-state index contributed by atoms with van der Waals surface area (Å²) in [5.74, 6) is 0.861. The predicted octanol–water partition coefficient (Wildman–Crippen LogP) is 2.15. The maximum atomic E-state index is 12.2. The van der Waals surface area contributed by atoms with Gasteiger partial charge in [0.05, 0.1) is 0 Å². The Kier molecular flexibility index (Phi) is 5.82. The molecule has 0 aromatic carbocycles. The monoisotopic (exact) mass is 370 g/mol. The number of aryl methyl sites for hydroxylation is 2. The van der Waals surface area contributed by atoms with E-state index in [-0.39, 0.29) is 5.91 Å². The van der Waals surface area contributed by atoms with Gasteiger partial charge in [-0.05, 0) is 44.2 Å². The fraction of sp³-hybridized carbons (Fsp3) is 0.389. The molecule has 3 aromatic heterocycles. The molecule has 1 amide bonds. The van der Waals surface area contributed by atoms with E-state index in [1.807, 2.05) is 48.9 Å². The summed E-state index contributed by atoms with van der Waals surface area (Å²) in [7, 11) is 0. The highest BCUT2D eigenvalue weighted by atomic mass is 32.2. The molecule has 0 spiro atoms. The third-order valence-electron chi connectivity index (χ3n) is 4.24. The lowest BCUT2D eigenvalue weighted by molar-refractivity contribution is -0.121. The molecule has 1 N–H and O–H groups in total. The van der Waals surface area contributed by atoms with Gasteiger partial charge in [0.25, 0.3) is 0 Å². The van der Waals surface area contributed by atoms with Crippen LogP contribution in [0.25, 0.3) is 5.65 Å². The van der Waals surface area contributed by atoms with Crippen LogP contribution in [0.5, 0.6) is 0 Å². The van der Waals surface area contributed by atoms with Gasteiger partial charge in [-0.25, -0.2) is 9.97 Å². The van der Waals surface area contributed by atoms with Gasteiger partial charge in [0, 0.05) is 37.0 Å². The number of nitrogens with zero attached hydrogens (tertiary/aromatic N) is 5. The average molecular weight is 370 g/mol. The summed E-state index contributed by atoms with van der Waals surface area (Å²) >= 11 is 1.53. The van der Waals surface area contributed by atoms with Crippen molar-refractivity contribution in [3.63, 3.8) is 0 Å². The van der Waals surface area contributed by atoms with Crippen LogP contribution in [0.4, 0.5) is 0 Å². The van der Waals surface area contributed by atoms with Crippen molar-refractivity contribution in [2.75, 3.05) is 12.8 Å². The van der Waals surface area contributed by atoms with E-state index in [9.17, 15) is 4.79 Å². The molecule has 3 aromatic rings. The molecule has 0 bridgehead atoms. The lowest BCUT2D eigenvalue weighted by Gasteiger charge is -2.10. The normalized spacial score (nSPS) is 11.0. The van der Waals surface area contributed by atoms with Crippen LogP contribution in [-0.4, -0.2) is 43.3 Å². The molecule has 0 aliphatic heterocycles. The van der Waals surface area contributed by atoms with Crippen molar-refractivity contribution in [1.29, 1.82) is 0 Å². The molecule has 0 fully saturated rings. The molecule has 0 aliphatic rings. The third kappa shape index (κ3) is 4.19. The summed E-state index contributed by atoms with van der Waals surface area (Å²) in [6.07, 6.45) is 5.59. The van der Waals surface area contributed by atoms with Crippen molar-refractivity contribution in [2.45, 2.75) is 38.3 Å². The van der Waals surface area contributed by atoms with E-state index in [1.165, 1.54) is 11.8 Å². The molecule has 3 rings (SSSR count). The van der Waals surface area contributed by atoms with Crippen LogP contribution in [0.3, 0.4) is 0 Å². The van der Waals surface area contributed by atoms with Gasteiger partial charge in [-0.15, -0.1) is 10.2 Å². The lowest BCUT2D eigenvalue weighted by Crippen LogP contribution is -2.26. The standard InChI is InChI=1S/C18H22N6OS/c1-12-14(13(2)21-18(20-12)26-3)7-8-17(25)19-10-9-16-23-22-15-6-4-5-11-24(15)16/h4-6,11H,7-10H2,1-3H3,(H,19,25). The second kappa shape index (κ2) is 8.27. The quantitative estimate of drug-likeness (QED) is 0.507. The zero-order valence-electron chi connectivity index (χ0n) is 15.2. The molecule has 0 aliphatic carbocycles. The lowest BCUT2D eigenvalue weighted by atomic mass is 10.1. The molecule has 3 heterocycles. The topological polar surface area (TPSA) is 85.1 Å². The first-order valence-corrected chi connectivity index (χ1v) is 9.74. The molecule has 0 radical (unpaired) electrons. The van der Waals surface area contributed by atoms with Gasteiger partial charge in [-0.1, -0.05) is 17.8 Å². The zero-order valence-corrected chi connectivity index (χ0v) is 16.0. The van der Waals surface area contributed by atoms with Crippen molar-refractivity contribution in [1.82, 2.24) is 29.9 Å². The fourth-order valence-electron chi connectivity index (χ4n) is 2.86. The Morgan fingerprint density at radius 2 is 1.92 bits per heavy atom. The maximum absolute atomic E-state index is 12.2. The third-order valence-corrected chi connectivity index (χ3v) is 4.79. The molecular formula is C18H22N6OS. The summed E-state index contributed by atoms with van der Waals surface area (Å²) in [5, 5.41) is 12.0. The van der Waals surface area contributed by atoms with E-state index in [4.69, 9.17) is 0 Å². The highest BCUT2D eigenvalue weighted by Crippen LogP contribution is 2.17. The molecule has 26 heavy (non-hydrogen) atoms. The van der Waals surface area contributed by atoms with Gasteiger partial charge in [-0.2, -0.15) is 0 Å². The van der Waals surface area contributed by atoms with E-state index >= 15 is 0 Å². The van der Waals surface area contributed by atoms with E-state index in [0.29, 0.717) is 25.8 Å². The van der Waals surface area contributed by atoms with E-state index in [0.717, 1.165) is 33.6 Å². The summed E-state index contributed by atoms with van der Waals surface area (Å²) in [5.41, 5.74) is 3.77. The number of hydrogen-bond donors (Lipinski definition) is 1. The first kappa shape index (κ1) is 18.3. The number of carbonyl (C=O) groups excluding carboxylic acids is 1. The predicted molar refractivity (Wildman–Crippen MR) is 101 cm³/mol. The zero-order chi connectivity index (χ0) is 18.5. The molecule has 136 valence electrons. The minimum Gasteiger partial charge on any atom is -0.356 e. The molecular weight excluding hydrogens is 348 g/mol. The van der Waals surface area contributed by atoms with Gasteiger partial charge < -0.3 is 5.32 Å². The van der Waals surface area contributed by atoms with Crippen molar-refractivity contribution < 1.29 is 4.79 Å². The molecule has 0 atom stereocenters. The smallest absolute Gasteiger partial charge is 0.220 e. The van der Waals surface area contributed by atoms with Crippen LogP contribution < -0.4 is 5.32 Å². The Labute approximate surface area is 156 Å². The Morgan fingerprint density at radius 1 is 1.15 bits per heavy atom. The second-order valence-corrected chi connectivity index (χ2v) is 6.78. The molecule has 0 unspecified atom stereocenters. The largest absolute Gasteiger partial charge is 0.356 e. The number of hydrogen-bond acceptors (Lipinski definition) is 6. The number of pyridine rings is 1. The van der Waals surface area contributed by atoms with Gasteiger partial charge in [0.1, 0.15) is 5.82 Å². The number of rotatable bonds is 7. The second-order valence-electron chi connectivity index (χ2n) is 6.00. The Bertz CT molecular complexity index is 900. The number of thioether (sulfide) groups is 1. The Balaban J connectivity index is 1.50. The van der Waals surface area contributed by atoms with E-state index in [2.05, 4.69) is 25.5 Å². The minimum absolute atomic E-state index is 0.0200. The van der Waals surface area contributed by atoms with Crippen LogP contribution in [0.2, 0.25) is 0 Å². The Morgan fingerprint density at radius 3 is 2.65 bits per heavy atom. The first-order chi connectivity index (χ1) is 12.6. The van der Waals surface area contributed by atoms with Crippen molar-refractivity contribution in [2.24, 2.45) is 0 Å². The van der Waals surface area contributed by atoms with Gasteiger partial charge >= 0.3 is 0 Å². The van der Waals surface area contributed by atoms with Crippen molar-refractivity contribution in [3.8, 4) is 0 Å². The average Bonchev–Trinajstić information content (AvgIpc) is 3.04. The van der Waals surface area contributed by atoms with Crippen LogP contribution in [0.15, 0.2) is 29.6 Å². The summed E-state index contributed by atoms with van der Waals surface area (Å²) in [6.45, 7) is 4.48. The van der Waals surface area contributed by atoms with Gasteiger partial charge in [0.2, 0.25) is 5.91 Å². The maximum Gasteiger partial charge on any atom is 0.220 e. The van der Waals surface area contributed by atoms with Crippen LogP contribution in [0, 0.1) is 13.8 Å². The number of fused-ring (bicyclic) bond motifs is 1. The van der Waals surface area contributed by atoms with E-state index in [1.54, 1.807) is 0 Å². The molecule has 7 nitrogen and oxygen atoms in total. The number of amides is 1. The SMILES string of the molecule is CSc1nc(C)c(CCC(=O)NCCc2nnc3ccccn23)c(C)n1. The van der Waals surface area contributed by atoms with Crippen LogP contribution >= 0.6 is 11.8 Å². The Hall–Kier alpha value is -2.48. The van der Waals surface area contributed by atoms with Gasteiger partial charge in [0.15, 0.2) is 10.8 Å². The van der Waals surface area contributed by atoms with Crippen molar-refractivity contribution in [3.05, 3.63) is 47.2 Å². The summed E-state index contributed by atoms with van der Waals surface area (Å²) in [4.78, 5) is 21.1. The summed E-state index contributed by atoms with van der Waals surface area (Å²) < 4.78 is 1.93. The highest BCUT2D eigenvalue weighted by Gasteiger charge is 2.11. The van der Waals surface area contributed by atoms with Crippen molar-refractivity contribution >= 4 is 23.3 Å². The van der Waals surface area contributed by atoms with Gasteiger partial charge in [-0.3, -0.25) is 9.20 Å². The summed E-state index contributed by atoms with van der Waals surface area (Å²) in [6, 6.07) is 5.77. The first-order valence-electron chi connectivity index (χ1n) is 8.52. The molecule has 0 saturated carbocycles.